The summed E-state index contributed by atoms with van der Waals surface area (Å²) in [5.41, 5.74) is 0.457. The molecule has 0 amide bonds. The molecule has 1 spiro atoms. The van der Waals surface area contributed by atoms with E-state index in [2.05, 4.69) is 19.2 Å². The highest BCUT2D eigenvalue weighted by Gasteiger charge is 2.39. The predicted molar refractivity (Wildman–Crippen MR) is 91.1 cm³/mol. The summed E-state index contributed by atoms with van der Waals surface area (Å²) in [6, 6.07) is 0.451. The molecule has 2 saturated heterocycles. The monoisotopic (exact) mass is 310 g/mol. The summed E-state index contributed by atoms with van der Waals surface area (Å²) in [5.74, 6) is 1.22. The van der Waals surface area contributed by atoms with Gasteiger partial charge in [-0.15, -0.1) is 0 Å². The Morgan fingerprint density at radius 2 is 2.00 bits per heavy atom. The van der Waals surface area contributed by atoms with Gasteiger partial charge in [0.05, 0.1) is 11.6 Å². The summed E-state index contributed by atoms with van der Waals surface area (Å²) in [4.78, 5) is 5.06. The third kappa shape index (κ3) is 3.42. The third-order valence-corrected chi connectivity index (χ3v) is 6.90. The van der Waals surface area contributed by atoms with Crippen molar-refractivity contribution in [3.63, 3.8) is 0 Å². The van der Waals surface area contributed by atoms with E-state index in [1.165, 1.54) is 43.0 Å². The molecule has 1 unspecified atom stereocenters. The average molecular weight is 311 g/mol. The number of hydrogen-bond acceptors (Lipinski definition) is 3. The predicted octanol–water partition coefficient (Wildman–Crippen LogP) is 4.12. The van der Waals surface area contributed by atoms with Crippen LogP contribution in [0.5, 0.6) is 0 Å². The van der Waals surface area contributed by atoms with E-state index in [0.29, 0.717) is 11.6 Å². The van der Waals surface area contributed by atoms with Gasteiger partial charge in [-0.05, 0) is 38.5 Å². The van der Waals surface area contributed by atoms with E-state index in [1.807, 2.05) is 11.8 Å². The van der Waals surface area contributed by atoms with Crippen LogP contribution in [0.3, 0.4) is 0 Å². The minimum atomic E-state index is 0.0821. The molecule has 21 heavy (non-hydrogen) atoms. The molecular weight excluding hydrogens is 280 g/mol. The number of nitrogens with zero attached hydrogens (tertiary/aromatic N) is 1. The topological polar surface area (TPSA) is 33.6 Å². The van der Waals surface area contributed by atoms with Crippen LogP contribution in [0.4, 0.5) is 0 Å². The Morgan fingerprint density at radius 3 is 2.71 bits per heavy atom. The molecule has 2 heterocycles. The summed E-state index contributed by atoms with van der Waals surface area (Å²) in [5, 5.41) is 5.00. The lowest BCUT2D eigenvalue weighted by molar-refractivity contribution is -0.0884. The fourth-order valence-corrected chi connectivity index (χ4v) is 5.38. The number of rotatable bonds is 3. The molecule has 3 rings (SSSR count). The Balaban J connectivity index is 1.63. The molecule has 0 radical (unpaired) electrons. The van der Waals surface area contributed by atoms with Crippen molar-refractivity contribution in [2.75, 3.05) is 12.4 Å². The van der Waals surface area contributed by atoms with E-state index in [0.717, 1.165) is 32.3 Å². The van der Waals surface area contributed by atoms with Gasteiger partial charge in [0.2, 0.25) is 0 Å². The average Bonchev–Trinajstić information content (AvgIpc) is 2.90. The quantitative estimate of drug-likeness (QED) is 0.851. The number of nitrogens with one attached hydrogen (secondary N) is 1. The van der Waals surface area contributed by atoms with Gasteiger partial charge in [0.1, 0.15) is 0 Å². The zero-order valence-electron chi connectivity index (χ0n) is 13.6. The standard InChI is InChI=1S/C17H30N2OS/c1-3-17(4-2)12-14(8-11-20-17)18-15-19-16(13-21-15)9-6-5-7-10-16/h14H,3-13H2,1-2H3,(H,18,19). The molecule has 3 fully saturated rings. The lowest BCUT2D eigenvalue weighted by Crippen LogP contribution is -2.46. The molecule has 1 aliphatic carbocycles. The molecule has 1 atom stereocenters. The minimum Gasteiger partial charge on any atom is -0.375 e. The number of aliphatic imine (C=N–C) groups is 1. The Hall–Kier alpha value is -0.220. The highest BCUT2D eigenvalue weighted by atomic mass is 32.2. The smallest absolute Gasteiger partial charge is 0.157 e. The van der Waals surface area contributed by atoms with Crippen molar-refractivity contribution in [3.05, 3.63) is 0 Å². The molecule has 1 saturated carbocycles. The second-order valence-electron chi connectivity index (χ2n) is 7.07. The zero-order chi connectivity index (χ0) is 14.8. The van der Waals surface area contributed by atoms with E-state index < -0.39 is 0 Å². The third-order valence-electron chi connectivity index (χ3n) is 5.72. The first-order valence-corrected chi connectivity index (χ1v) is 9.81. The number of hydrogen-bond donors (Lipinski definition) is 1. The second-order valence-corrected chi connectivity index (χ2v) is 8.04. The van der Waals surface area contributed by atoms with E-state index in [-0.39, 0.29) is 5.60 Å². The van der Waals surface area contributed by atoms with Crippen LogP contribution in [-0.4, -0.2) is 34.7 Å². The largest absolute Gasteiger partial charge is 0.375 e. The lowest BCUT2D eigenvalue weighted by atomic mass is 9.83. The molecular formula is C17H30N2OS. The molecule has 3 aliphatic rings. The van der Waals surface area contributed by atoms with Gasteiger partial charge in [-0.25, -0.2) is 0 Å². The van der Waals surface area contributed by atoms with E-state index >= 15 is 0 Å². The Labute approximate surface area is 133 Å². The van der Waals surface area contributed by atoms with Gasteiger partial charge in [-0.1, -0.05) is 44.9 Å². The second kappa shape index (κ2) is 6.49. The van der Waals surface area contributed by atoms with Crippen molar-refractivity contribution in [1.29, 1.82) is 0 Å². The van der Waals surface area contributed by atoms with Gasteiger partial charge in [0.25, 0.3) is 0 Å². The van der Waals surface area contributed by atoms with E-state index in [9.17, 15) is 0 Å². The molecule has 4 heteroatoms. The van der Waals surface area contributed by atoms with Crippen molar-refractivity contribution in [1.82, 2.24) is 5.32 Å². The molecule has 2 aliphatic heterocycles. The Kier molecular flexibility index (Phi) is 4.84. The fraction of sp³-hybridized carbons (Fsp3) is 0.941. The molecule has 0 aromatic heterocycles. The summed E-state index contributed by atoms with van der Waals surface area (Å²) >= 11 is 1.95. The first-order valence-electron chi connectivity index (χ1n) is 8.82. The van der Waals surface area contributed by atoms with Crippen molar-refractivity contribution >= 4 is 16.9 Å². The van der Waals surface area contributed by atoms with Crippen molar-refractivity contribution in [2.24, 2.45) is 4.99 Å². The number of thioether (sulfide) groups is 1. The zero-order valence-corrected chi connectivity index (χ0v) is 14.4. The van der Waals surface area contributed by atoms with Gasteiger partial charge < -0.3 is 10.1 Å². The van der Waals surface area contributed by atoms with E-state index in [1.54, 1.807) is 0 Å². The van der Waals surface area contributed by atoms with Crippen LogP contribution in [-0.2, 0) is 4.74 Å². The SMILES string of the molecule is CCC1(CC)CC(N=C2NC3(CCCCC3)CS2)CCO1. The van der Waals surface area contributed by atoms with Gasteiger partial charge in [-0.2, -0.15) is 0 Å². The Bertz CT molecular complexity index is 386. The normalized spacial score (nSPS) is 33.2. The van der Waals surface area contributed by atoms with Gasteiger partial charge in [0, 0.05) is 17.9 Å². The number of ether oxygens (including phenoxy) is 1. The maximum atomic E-state index is 6.07. The highest BCUT2D eigenvalue weighted by molar-refractivity contribution is 8.14. The van der Waals surface area contributed by atoms with Crippen LogP contribution in [0.2, 0.25) is 0 Å². The molecule has 0 bridgehead atoms. The summed E-state index contributed by atoms with van der Waals surface area (Å²) in [7, 11) is 0. The van der Waals surface area contributed by atoms with Crippen molar-refractivity contribution < 1.29 is 4.74 Å². The Morgan fingerprint density at radius 1 is 1.24 bits per heavy atom. The van der Waals surface area contributed by atoms with Gasteiger partial charge in [0.15, 0.2) is 5.17 Å². The minimum absolute atomic E-state index is 0.0821. The maximum Gasteiger partial charge on any atom is 0.157 e. The van der Waals surface area contributed by atoms with Crippen LogP contribution < -0.4 is 5.32 Å². The van der Waals surface area contributed by atoms with Crippen LogP contribution >= 0.6 is 11.8 Å². The summed E-state index contributed by atoms with van der Waals surface area (Å²) in [6.45, 7) is 5.37. The molecule has 0 aromatic carbocycles. The van der Waals surface area contributed by atoms with Crippen molar-refractivity contribution in [3.8, 4) is 0 Å². The summed E-state index contributed by atoms with van der Waals surface area (Å²) in [6.07, 6.45) is 11.2. The summed E-state index contributed by atoms with van der Waals surface area (Å²) < 4.78 is 6.07. The van der Waals surface area contributed by atoms with E-state index in [4.69, 9.17) is 9.73 Å². The fourth-order valence-electron chi connectivity index (χ4n) is 4.09. The molecule has 0 aromatic rings. The first kappa shape index (κ1) is 15.7. The van der Waals surface area contributed by atoms with Gasteiger partial charge >= 0.3 is 0 Å². The van der Waals surface area contributed by atoms with Crippen molar-refractivity contribution in [2.45, 2.75) is 88.8 Å². The van der Waals surface area contributed by atoms with Gasteiger partial charge in [-0.3, -0.25) is 4.99 Å². The van der Waals surface area contributed by atoms with Crippen LogP contribution in [0.15, 0.2) is 4.99 Å². The molecule has 120 valence electrons. The maximum absolute atomic E-state index is 6.07. The lowest BCUT2D eigenvalue weighted by Gasteiger charge is -2.39. The molecule has 1 N–H and O–H groups in total. The van der Waals surface area contributed by atoms with Crippen LogP contribution in [0.25, 0.3) is 0 Å². The van der Waals surface area contributed by atoms with Crippen LogP contribution in [0, 0.1) is 0 Å². The number of amidine groups is 1. The van der Waals surface area contributed by atoms with Crippen LogP contribution in [0.1, 0.15) is 71.6 Å². The first-order chi connectivity index (χ1) is 10.2. The highest BCUT2D eigenvalue weighted by Crippen LogP contribution is 2.37. The molecule has 3 nitrogen and oxygen atoms in total.